The van der Waals surface area contributed by atoms with Gasteiger partial charge in [-0.1, -0.05) is 6.07 Å². The molecule has 1 saturated carbocycles. The van der Waals surface area contributed by atoms with Gasteiger partial charge in [-0.25, -0.2) is 4.98 Å². The number of aromatic nitrogens is 2. The lowest BCUT2D eigenvalue weighted by atomic mass is 9.88. The molecule has 0 atom stereocenters. The van der Waals surface area contributed by atoms with Crippen molar-refractivity contribution in [3.63, 3.8) is 0 Å². The number of benzene rings is 1. The van der Waals surface area contributed by atoms with Crippen LogP contribution in [-0.2, 0) is 16.6 Å². The Morgan fingerprint density at radius 3 is 2.56 bits per heavy atom. The Morgan fingerprint density at radius 2 is 1.88 bits per heavy atom. The van der Waals surface area contributed by atoms with Crippen LogP contribution in [0.1, 0.15) is 29.7 Å². The maximum Gasteiger partial charge on any atom is 0.586 e. The molecule has 1 aliphatic carbocycles. The minimum Gasteiger partial charge on any atom is -0.481 e. The van der Waals surface area contributed by atoms with Crippen LogP contribution in [0.4, 0.5) is 8.78 Å². The molecule has 3 heterocycles. The summed E-state index contributed by atoms with van der Waals surface area (Å²) in [7, 11) is 1.55. The second-order valence-corrected chi connectivity index (χ2v) is 8.12. The highest BCUT2D eigenvalue weighted by Gasteiger charge is 2.52. The molecule has 0 bridgehead atoms. The first-order chi connectivity index (χ1) is 15.3. The molecule has 3 aromatic rings. The first-order valence-corrected chi connectivity index (χ1v) is 10.2. The number of pyridine rings is 2. The molecule has 0 spiro atoms. The summed E-state index contributed by atoms with van der Waals surface area (Å²) >= 11 is 0. The molecule has 0 saturated heterocycles. The van der Waals surface area contributed by atoms with Crippen molar-refractivity contribution in [3.05, 3.63) is 65.5 Å². The fourth-order valence-corrected chi connectivity index (χ4v) is 4.06. The van der Waals surface area contributed by atoms with Gasteiger partial charge in [0.15, 0.2) is 11.5 Å². The summed E-state index contributed by atoms with van der Waals surface area (Å²) in [6, 6.07) is 12.0. The molecule has 5 rings (SSSR count). The minimum atomic E-state index is -3.68. The van der Waals surface area contributed by atoms with Gasteiger partial charge in [0.25, 0.3) is 0 Å². The number of carbonyl (C=O) groups excluding carboxylic acids is 1. The summed E-state index contributed by atoms with van der Waals surface area (Å²) in [5, 5.41) is 0. The van der Waals surface area contributed by atoms with E-state index >= 15 is 0 Å². The summed E-state index contributed by atoms with van der Waals surface area (Å²) in [5.74, 6) is 0.434. The van der Waals surface area contributed by atoms with E-state index in [9.17, 15) is 13.6 Å². The van der Waals surface area contributed by atoms with Crippen LogP contribution in [0.2, 0.25) is 0 Å². The highest BCUT2D eigenvalue weighted by molar-refractivity contribution is 5.94. The number of nitrogens with zero attached hydrogens (tertiary/aromatic N) is 2. The van der Waals surface area contributed by atoms with Crippen LogP contribution in [0.15, 0.2) is 48.7 Å². The molecular weight excluding hydrogens is 418 g/mol. The summed E-state index contributed by atoms with van der Waals surface area (Å²) in [5.41, 5.74) is 3.13. The largest absolute Gasteiger partial charge is 0.586 e. The normalized spacial score (nSPS) is 17.1. The van der Waals surface area contributed by atoms with Crippen molar-refractivity contribution in [2.75, 3.05) is 7.11 Å². The van der Waals surface area contributed by atoms with Crippen molar-refractivity contribution in [1.82, 2.24) is 9.97 Å². The Bertz CT molecular complexity index is 1210. The van der Waals surface area contributed by atoms with Crippen molar-refractivity contribution in [1.29, 1.82) is 0 Å². The highest BCUT2D eigenvalue weighted by atomic mass is 19.3. The highest BCUT2D eigenvalue weighted by Crippen LogP contribution is 2.52. The third kappa shape index (κ3) is 3.66. The van der Waals surface area contributed by atoms with Crippen LogP contribution < -0.4 is 14.2 Å². The van der Waals surface area contributed by atoms with Crippen LogP contribution in [0.3, 0.4) is 0 Å². The van der Waals surface area contributed by atoms with Crippen LogP contribution in [0.5, 0.6) is 17.4 Å². The fourth-order valence-electron chi connectivity index (χ4n) is 4.06. The van der Waals surface area contributed by atoms with Gasteiger partial charge in [0.05, 0.1) is 18.2 Å². The number of hydrogen-bond acceptors (Lipinski definition) is 6. The van der Waals surface area contributed by atoms with Gasteiger partial charge in [-0.05, 0) is 61.2 Å². The van der Waals surface area contributed by atoms with Gasteiger partial charge in [0.1, 0.15) is 5.78 Å². The summed E-state index contributed by atoms with van der Waals surface area (Å²) in [6.07, 6.45) is -0.550. The molecule has 1 fully saturated rings. The van der Waals surface area contributed by atoms with Crippen molar-refractivity contribution in [2.45, 2.75) is 37.9 Å². The average molecular weight is 438 g/mol. The van der Waals surface area contributed by atoms with Gasteiger partial charge in [-0.15, -0.1) is 8.78 Å². The zero-order chi connectivity index (χ0) is 22.5. The van der Waals surface area contributed by atoms with Gasteiger partial charge in [0, 0.05) is 29.9 Å². The van der Waals surface area contributed by atoms with Crippen LogP contribution in [-0.4, -0.2) is 29.2 Å². The van der Waals surface area contributed by atoms with Gasteiger partial charge in [-0.3, -0.25) is 9.78 Å². The Hall–Kier alpha value is -3.55. The molecule has 164 valence electrons. The number of halogens is 2. The number of ketones is 1. The van der Waals surface area contributed by atoms with Crippen molar-refractivity contribution >= 4 is 5.78 Å². The number of carbonyl (C=O) groups is 1. The summed E-state index contributed by atoms with van der Waals surface area (Å²) in [6.45, 7) is 1.95. The van der Waals surface area contributed by atoms with E-state index in [1.54, 1.807) is 25.4 Å². The van der Waals surface area contributed by atoms with E-state index in [2.05, 4.69) is 19.4 Å². The van der Waals surface area contributed by atoms with E-state index in [0.29, 0.717) is 30.0 Å². The molecule has 2 aliphatic rings. The molecule has 0 N–H and O–H groups in total. The van der Waals surface area contributed by atoms with E-state index in [0.717, 1.165) is 16.8 Å². The lowest BCUT2D eigenvalue weighted by Crippen LogP contribution is -2.26. The van der Waals surface area contributed by atoms with Gasteiger partial charge >= 0.3 is 6.29 Å². The summed E-state index contributed by atoms with van der Waals surface area (Å²) < 4.78 is 40.8. The molecule has 0 amide bonds. The molecule has 2 aromatic heterocycles. The maximum absolute atomic E-state index is 13.4. The monoisotopic (exact) mass is 438 g/mol. The van der Waals surface area contributed by atoms with E-state index in [1.165, 1.54) is 12.1 Å². The first-order valence-electron chi connectivity index (χ1n) is 10.2. The van der Waals surface area contributed by atoms with Crippen LogP contribution >= 0.6 is 0 Å². The van der Waals surface area contributed by atoms with Gasteiger partial charge in [0.2, 0.25) is 5.88 Å². The minimum absolute atomic E-state index is 0.0000291. The third-order valence-electron chi connectivity index (χ3n) is 5.84. The molecule has 32 heavy (non-hydrogen) atoms. The smallest absolute Gasteiger partial charge is 0.481 e. The maximum atomic E-state index is 13.4. The topological polar surface area (TPSA) is 70.5 Å². The second kappa shape index (κ2) is 7.25. The summed E-state index contributed by atoms with van der Waals surface area (Å²) in [4.78, 5) is 22.2. The van der Waals surface area contributed by atoms with E-state index in [1.807, 2.05) is 25.1 Å². The number of fused-ring (bicyclic) bond motifs is 1. The number of rotatable bonds is 6. The molecule has 1 aromatic carbocycles. The zero-order valence-electron chi connectivity index (χ0n) is 17.5. The number of methoxy groups -OCH3 is 1. The van der Waals surface area contributed by atoms with Crippen LogP contribution in [0, 0.1) is 6.92 Å². The lowest BCUT2D eigenvalue weighted by Gasteiger charge is -2.15. The Kier molecular flexibility index (Phi) is 4.62. The van der Waals surface area contributed by atoms with Gasteiger partial charge in [-0.2, -0.15) is 0 Å². The molecular formula is C24H20F2N2O4. The van der Waals surface area contributed by atoms with Crippen molar-refractivity contribution in [3.8, 4) is 28.6 Å². The Balaban J connectivity index is 1.39. The molecule has 8 heteroatoms. The van der Waals surface area contributed by atoms with Gasteiger partial charge < -0.3 is 14.2 Å². The van der Waals surface area contributed by atoms with Crippen molar-refractivity contribution < 1.29 is 27.8 Å². The third-order valence-corrected chi connectivity index (χ3v) is 5.84. The standard InChI is InChI=1S/C24H20F2N2O4/c1-14-9-17(28-18(10-14)15-3-6-22(30-2)27-13-15)12-21(29)23(7-8-23)16-4-5-19-20(11-16)32-24(25,26)31-19/h3-6,9-11,13H,7-8,12H2,1-2H3. The fraction of sp³-hybridized carbons (Fsp3) is 0.292. The van der Waals surface area contributed by atoms with E-state index in [4.69, 9.17) is 4.74 Å². The molecule has 6 nitrogen and oxygen atoms in total. The number of ether oxygens (including phenoxy) is 3. The van der Waals surface area contributed by atoms with E-state index in [-0.39, 0.29) is 23.7 Å². The van der Waals surface area contributed by atoms with E-state index < -0.39 is 11.7 Å². The predicted molar refractivity (Wildman–Crippen MR) is 111 cm³/mol. The Morgan fingerprint density at radius 1 is 1.09 bits per heavy atom. The second-order valence-electron chi connectivity index (χ2n) is 8.12. The number of alkyl halides is 2. The first kappa shape index (κ1) is 20.4. The molecule has 0 unspecified atom stereocenters. The predicted octanol–water partition coefficient (Wildman–Crippen LogP) is 4.63. The quantitative estimate of drug-likeness (QED) is 0.559. The zero-order valence-corrected chi connectivity index (χ0v) is 17.5. The Labute approximate surface area is 183 Å². The SMILES string of the molecule is COc1ccc(-c2cc(C)cc(CC(=O)C3(c4ccc5c(c4)OC(F)(F)O5)CC3)n2)cn1. The average Bonchev–Trinajstić information content (AvgIpc) is 3.50. The number of aryl methyl sites for hydroxylation is 1. The molecule has 1 aliphatic heterocycles. The number of Topliss-reactive ketones (excluding diaryl/α,β-unsaturated/α-hetero) is 1. The molecule has 0 radical (unpaired) electrons. The van der Waals surface area contributed by atoms with Crippen molar-refractivity contribution in [2.24, 2.45) is 0 Å². The lowest BCUT2D eigenvalue weighted by molar-refractivity contribution is -0.286. The van der Waals surface area contributed by atoms with Crippen LogP contribution in [0.25, 0.3) is 11.3 Å². The number of hydrogen-bond donors (Lipinski definition) is 0.